The van der Waals surface area contributed by atoms with Gasteiger partial charge in [-0.05, 0) is 48.6 Å². The molecule has 1 atom stereocenters. The molecular weight excluding hydrogens is 258 g/mol. The van der Waals surface area contributed by atoms with Crippen LogP contribution in [0.15, 0.2) is 35.7 Å². The van der Waals surface area contributed by atoms with Crippen LogP contribution in [0.25, 0.3) is 0 Å². The SMILES string of the molecule is CCC(Nc1ccc(C(=O)O)c(C)c1)c1cccs1. The fourth-order valence-corrected chi connectivity index (χ4v) is 2.92. The Bertz CT molecular complexity index is 564. The maximum Gasteiger partial charge on any atom is 0.335 e. The predicted molar refractivity (Wildman–Crippen MR) is 79.1 cm³/mol. The summed E-state index contributed by atoms with van der Waals surface area (Å²) in [6.45, 7) is 3.95. The van der Waals surface area contributed by atoms with Gasteiger partial charge in [-0.2, -0.15) is 0 Å². The van der Waals surface area contributed by atoms with Crippen molar-refractivity contribution in [3.05, 3.63) is 51.7 Å². The third kappa shape index (κ3) is 3.15. The number of benzene rings is 1. The number of carbonyl (C=O) groups is 1. The molecule has 1 aromatic carbocycles. The van der Waals surface area contributed by atoms with Crippen LogP contribution in [0, 0.1) is 6.92 Å². The number of hydrogen-bond acceptors (Lipinski definition) is 3. The highest BCUT2D eigenvalue weighted by atomic mass is 32.1. The van der Waals surface area contributed by atoms with Gasteiger partial charge in [0.05, 0.1) is 11.6 Å². The Morgan fingerprint density at radius 3 is 2.74 bits per heavy atom. The van der Waals surface area contributed by atoms with Crippen LogP contribution in [0.1, 0.15) is 40.2 Å². The monoisotopic (exact) mass is 275 g/mol. The molecule has 2 rings (SSSR count). The Labute approximate surface area is 116 Å². The fourth-order valence-electron chi connectivity index (χ4n) is 2.06. The summed E-state index contributed by atoms with van der Waals surface area (Å²) < 4.78 is 0. The van der Waals surface area contributed by atoms with Gasteiger partial charge in [0.25, 0.3) is 0 Å². The molecule has 0 radical (unpaired) electrons. The van der Waals surface area contributed by atoms with Gasteiger partial charge in [-0.15, -0.1) is 11.3 Å². The van der Waals surface area contributed by atoms with Gasteiger partial charge in [0.2, 0.25) is 0 Å². The van der Waals surface area contributed by atoms with Crippen LogP contribution < -0.4 is 5.32 Å². The van der Waals surface area contributed by atoms with E-state index in [1.54, 1.807) is 17.4 Å². The summed E-state index contributed by atoms with van der Waals surface area (Å²) in [7, 11) is 0. The summed E-state index contributed by atoms with van der Waals surface area (Å²) in [5.74, 6) is -0.880. The number of hydrogen-bond donors (Lipinski definition) is 2. The highest BCUT2D eigenvalue weighted by molar-refractivity contribution is 7.10. The Kier molecular flexibility index (Phi) is 4.22. The molecule has 1 aromatic heterocycles. The van der Waals surface area contributed by atoms with Gasteiger partial charge in [0, 0.05) is 10.6 Å². The van der Waals surface area contributed by atoms with Crippen molar-refractivity contribution in [1.29, 1.82) is 0 Å². The van der Waals surface area contributed by atoms with Crippen molar-refractivity contribution in [3.63, 3.8) is 0 Å². The third-order valence-electron chi connectivity index (χ3n) is 3.09. The largest absolute Gasteiger partial charge is 0.478 e. The molecule has 4 heteroatoms. The van der Waals surface area contributed by atoms with E-state index in [-0.39, 0.29) is 6.04 Å². The maximum absolute atomic E-state index is 11.0. The van der Waals surface area contributed by atoms with E-state index in [2.05, 4.69) is 23.7 Å². The molecule has 0 saturated heterocycles. The van der Waals surface area contributed by atoms with Crippen molar-refractivity contribution < 1.29 is 9.90 Å². The van der Waals surface area contributed by atoms with E-state index in [4.69, 9.17) is 5.11 Å². The lowest BCUT2D eigenvalue weighted by molar-refractivity contribution is 0.0696. The van der Waals surface area contributed by atoms with Gasteiger partial charge in [0.15, 0.2) is 0 Å². The number of nitrogens with one attached hydrogen (secondary N) is 1. The normalized spacial score (nSPS) is 12.1. The Morgan fingerprint density at radius 1 is 1.42 bits per heavy atom. The molecular formula is C15H17NO2S. The number of anilines is 1. The zero-order valence-corrected chi connectivity index (χ0v) is 11.8. The van der Waals surface area contributed by atoms with Crippen molar-refractivity contribution in [2.24, 2.45) is 0 Å². The van der Waals surface area contributed by atoms with Crippen LogP contribution in [0.4, 0.5) is 5.69 Å². The van der Waals surface area contributed by atoms with Crippen LogP contribution in [0.2, 0.25) is 0 Å². The Morgan fingerprint density at radius 2 is 2.21 bits per heavy atom. The average Bonchev–Trinajstić information content (AvgIpc) is 2.89. The minimum Gasteiger partial charge on any atom is -0.478 e. The lowest BCUT2D eigenvalue weighted by Gasteiger charge is -2.17. The Hall–Kier alpha value is -1.81. The van der Waals surface area contributed by atoms with Gasteiger partial charge in [0.1, 0.15) is 0 Å². The third-order valence-corrected chi connectivity index (χ3v) is 4.08. The lowest BCUT2D eigenvalue weighted by Crippen LogP contribution is -2.09. The van der Waals surface area contributed by atoms with Gasteiger partial charge in [-0.25, -0.2) is 4.79 Å². The molecule has 0 aliphatic rings. The first-order valence-corrected chi connectivity index (χ1v) is 7.13. The number of carboxylic acids is 1. The number of rotatable bonds is 5. The molecule has 0 saturated carbocycles. The summed E-state index contributed by atoms with van der Waals surface area (Å²) >= 11 is 1.73. The topological polar surface area (TPSA) is 49.3 Å². The number of aryl methyl sites for hydroxylation is 1. The smallest absolute Gasteiger partial charge is 0.335 e. The second-order valence-electron chi connectivity index (χ2n) is 4.46. The molecule has 19 heavy (non-hydrogen) atoms. The predicted octanol–water partition coefficient (Wildman–Crippen LogP) is 4.32. The molecule has 0 amide bonds. The highest BCUT2D eigenvalue weighted by Gasteiger charge is 2.12. The van der Waals surface area contributed by atoms with Crippen molar-refractivity contribution in [2.75, 3.05) is 5.32 Å². The van der Waals surface area contributed by atoms with E-state index < -0.39 is 5.97 Å². The summed E-state index contributed by atoms with van der Waals surface area (Å²) in [6, 6.07) is 9.80. The first-order chi connectivity index (χ1) is 9.11. The molecule has 0 aliphatic heterocycles. The van der Waals surface area contributed by atoms with Crippen LogP contribution in [0.5, 0.6) is 0 Å². The van der Waals surface area contributed by atoms with Crippen LogP contribution in [-0.2, 0) is 0 Å². The molecule has 0 bridgehead atoms. The fraction of sp³-hybridized carbons (Fsp3) is 0.267. The van der Waals surface area contributed by atoms with Crippen molar-refractivity contribution in [3.8, 4) is 0 Å². The van der Waals surface area contributed by atoms with Gasteiger partial charge in [-0.1, -0.05) is 13.0 Å². The van der Waals surface area contributed by atoms with Crippen molar-refractivity contribution in [1.82, 2.24) is 0 Å². The summed E-state index contributed by atoms with van der Waals surface area (Å²) in [5.41, 5.74) is 2.09. The van der Waals surface area contributed by atoms with Crippen LogP contribution in [-0.4, -0.2) is 11.1 Å². The van der Waals surface area contributed by atoms with E-state index in [1.807, 2.05) is 25.1 Å². The van der Waals surface area contributed by atoms with Crippen molar-refractivity contribution in [2.45, 2.75) is 26.3 Å². The Balaban J connectivity index is 2.19. The summed E-state index contributed by atoms with van der Waals surface area (Å²) in [5, 5.41) is 14.5. The molecule has 0 spiro atoms. The second kappa shape index (κ2) is 5.89. The van der Waals surface area contributed by atoms with E-state index in [1.165, 1.54) is 4.88 Å². The quantitative estimate of drug-likeness (QED) is 0.854. The first kappa shape index (κ1) is 13.6. The standard InChI is InChI=1S/C15H17NO2S/c1-3-13(14-5-4-8-19-14)16-11-6-7-12(15(17)18)10(2)9-11/h4-9,13,16H,3H2,1-2H3,(H,17,18). The molecule has 100 valence electrons. The minimum absolute atomic E-state index is 0.273. The first-order valence-electron chi connectivity index (χ1n) is 6.25. The zero-order valence-electron chi connectivity index (χ0n) is 11.0. The van der Waals surface area contributed by atoms with E-state index >= 15 is 0 Å². The lowest BCUT2D eigenvalue weighted by atomic mass is 10.1. The summed E-state index contributed by atoms with van der Waals surface area (Å²) in [4.78, 5) is 12.3. The van der Waals surface area contributed by atoms with Crippen LogP contribution in [0.3, 0.4) is 0 Å². The molecule has 3 nitrogen and oxygen atoms in total. The summed E-state index contributed by atoms with van der Waals surface area (Å²) in [6.07, 6.45) is 0.986. The van der Waals surface area contributed by atoms with E-state index in [0.29, 0.717) is 5.56 Å². The minimum atomic E-state index is -0.880. The number of aromatic carboxylic acids is 1. The molecule has 1 heterocycles. The maximum atomic E-state index is 11.0. The van der Waals surface area contributed by atoms with Crippen molar-refractivity contribution >= 4 is 23.0 Å². The van der Waals surface area contributed by atoms with Gasteiger partial charge in [-0.3, -0.25) is 0 Å². The molecule has 1 unspecified atom stereocenters. The number of carboxylic acid groups (broad SMARTS) is 1. The number of thiophene rings is 1. The second-order valence-corrected chi connectivity index (χ2v) is 5.43. The van der Waals surface area contributed by atoms with Crippen LogP contribution >= 0.6 is 11.3 Å². The van der Waals surface area contributed by atoms with Gasteiger partial charge >= 0.3 is 5.97 Å². The highest BCUT2D eigenvalue weighted by Crippen LogP contribution is 2.27. The molecule has 0 fully saturated rings. The van der Waals surface area contributed by atoms with E-state index in [9.17, 15) is 4.79 Å². The molecule has 0 aliphatic carbocycles. The van der Waals surface area contributed by atoms with E-state index in [0.717, 1.165) is 17.7 Å². The zero-order chi connectivity index (χ0) is 13.8. The average molecular weight is 275 g/mol. The van der Waals surface area contributed by atoms with Gasteiger partial charge < -0.3 is 10.4 Å². The molecule has 2 N–H and O–H groups in total. The molecule has 2 aromatic rings.